The summed E-state index contributed by atoms with van der Waals surface area (Å²) in [6.07, 6.45) is 3.44. The van der Waals surface area contributed by atoms with Crippen molar-refractivity contribution in [1.82, 2.24) is 19.4 Å². The summed E-state index contributed by atoms with van der Waals surface area (Å²) in [4.78, 5) is 2.12. The van der Waals surface area contributed by atoms with Gasteiger partial charge in [0.1, 0.15) is 0 Å². The van der Waals surface area contributed by atoms with Crippen molar-refractivity contribution < 1.29 is 17.2 Å². The van der Waals surface area contributed by atoms with Crippen LogP contribution in [0.25, 0.3) is 0 Å². The first-order chi connectivity index (χ1) is 11.8. The van der Waals surface area contributed by atoms with E-state index in [0.29, 0.717) is 38.2 Å². The third-order valence-corrected chi connectivity index (χ3v) is 4.91. The zero-order valence-electron chi connectivity index (χ0n) is 13.8. The molecule has 3 rings (SSSR count). The Morgan fingerprint density at radius 2 is 2.08 bits per heavy atom. The number of hydrogen-bond donors (Lipinski definition) is 1. The van der Waals surface area contributed by atoms with Crippen molar-refractivity contribution >= 4 is 10.0 Å². The van der Waals surface area contributed by atoms with Gasteiger partial charge in [0.25, 0.3) is 0 Å². The van der Waals surface area contributed by atoms with Gasteiger partial charge in [0.15, 0.2) is 11.6 Å². The Balaban J connectivity index is 1.69. The lowest BCUT2D eigenvalue weighted by Gasteiger charge is -2.34. The molecule has 1 N–H and O–H groups in total. The Kier molecular flexibility index (Phi) is 5.16. The third kappa shape index (κ3) is 4.62. The summed E-state index contributed by atoms with van der Waals surface area (Å²) in [5, 5.41) is 4.32. The van der Waals surface area contributed by atoms with Gasteiger partial charge in [-0.25, -0.2) is 21.9 Å². The molecule has 0 unspecified atom stereocenters. The summed E-state index contributed by atoms with van der Waals surface area (Å²) in [5.74, 6) is -1.71. The van der Waals surface area contributed by atoms with E-state index in [1.54, 1.807) is 12.3 Å². The van der Waals surface area contributed by atoms with Gasteiger partial charge in [0, 0.05) is 32.4 Å². The lowest BCUT2D eigenvalue weighted by molar-refractivity contribution is 0.162. The van der Waals surface area contributed by atoms with Crippen molar-refractivity contribution in [2.24, 2.45) is 0 Å². The van der Waals surface area contributed by atoms with Crippen LogP contribution in [-0.2, 0) is 23.1 Å². The number of rotatable bonds is 6. The average Bonchev–Trinajstić information content (AvgIpc) is 2.98. The second-order valence-electron chi connectivity index (χ2n) is 6.29. The maximum atomic E-state index is 13.4. The van der Waals surface area contributed by atoms with Crippen LogP contribution in [0.3, 0.4) is 0 Å². The third-order valence-electron chi connectivity index (χ3n) is 4.18. The minimum Gasteiger partial charge on any atom is -0.291 e. The Bertz CT molecular complexity index is 854. The molecule has 0 fully saturated rings. The van der Waals surface area contributed by atoms with Gasteiger partial charge < -0.3 is 0 Å². The highest BCUT2D eigenvalue weighted by Crippen LogP contribution is 2.24. The maximum Gasteiger partial charge on any atom is 0.208 e. The summed E-state index contributed by atoms with van der Waals surface area (Å²) in [6, 6.07) is 5.84. The highest BCUT2D eigenvalue weighted by atomic mass is 32.2. The van der Waals surface area contributed by atoms with Gasteiger partial charge in [-0.2, -0.15) is 5.10 Å². The Hall–Kier alpha value is -1.84. The van der Waals surface area contributed by atoms with Crippen molar-refractivity contribution in [3.05, 3.63) is 53.4 Å². The highest BCUT2D eigenvalue weighted by Gasteiger charge is 2.25. The highest BCUT2D eigenvalue weighted by molar-refractivity contribution is 7.88. The molecule has 0 saturated carbocycles. The van der Waals surface area contributed by atoms with E-state index in [0.717, 1.165) is 18.0 Å². The minimum absolute atomic E-state index is 0.0123. The Labute approximate surface area is 145 Å². The number of benzene rings is 1. The first kappa shape index (κ1) is 18.0. The van der Waals surface area contributed by atoms with Crippen molar-refractivity contribution in [3.63, 3.8) is 0 Å². The molecular formula is C16H20F2N4O2S. The SMILES string of the molecule is CS(=O)(=O)NCC[C@@H]1CN(Cc2ccc(F)c(F)c2)Cc2ccnn21. The number of nitrogens with zero attached hydrogens (tertiary/aromatic N) is 3. The molecule has 1 aliphatic heterocycles. The predicted molar refractivity (Wildman–Crippen MR) is 89.2 cm³/mol. The molecule has 2 heterocycles. The van der Waals surface area contributed by atoms with E-state index in [4.69, 9.17) is 0 Å². The molecule has 0 aliphatic carbocycles. The largest absolute Gasteiger partial charge is 0.291 e. The Morgan fingerprint density at radius 1 is 1.28 bits per heavy atom. The van der Waals surface area contributed by atoms with Crippen LogP contribution in [-0.4, -0.2) is 42.4 Å². The fraction of sp³-hybridized carbons (Fsp3) is 0.438. The maximum absolute atomic E-state index is 13.4. The fourth-order valence-corrected chi connectivity index (χ4v) is 3.59. The molecule has 0 bridgehead atoms. The van der Waals surface area contributed by atoms with E-state index < -0.39 is 21.7 Å². The molecule has 1 aliphatic rings. The molecule has 1 atom stereocenters. The second kappa shape index (κ2) is 7.19. The number of nitrogens with one attached hydrogen (secondary N) is 1. The Morgan fingerprint density at radius 3 is 2.80 bits per heavy atom. The fourth-order valence-electron chi connectivity index (χ4n) is 3.11. The normalized spacial score (nSPS) is 18.3. The first-order valence-electron chi connectivity index (χ1n) is 7.95. The van der Waals surface area contributed by atoms with Gasteiger partial charge in [-0.15, -0.1) is 0 Å². The standard InChI is InChI=1S/C16H20F2N4O2S/c1-25(23,24)20-7-5-14-11-21(10-13-4-6-19-22(13)14)9-12-2-3-15(17)16(18)8-12/h2-4,6,8,14,20H,5,7,9-11H2,1H3/t14-/m1/s1. The average molecular weight is 370 g/mol. The number of aromatic nitrogens is 2. The summed E-state index contributed by atoms with van der Waals surface area (Å²) in [5.41, 5.74) is 1.71. The number of halogens is 2. The molecule has 0 radical (unpaired) electrons. The van der Waals surface area contributed by atoms with Crippen LogP contribution in [0.4, 0.5) is 8.78 Å². The van der Waals surface area contributed by atoms with Gasteiger partial charge in [-0.3, -0.25) is 9.58 Å². The van der Waals surface area contributed by atoms with Gasteiger partial charge in [0.2, 0.25) is 10.0 Å². The van der Waals surface area contributed by atoms with Crippen LogP contribution in [0, 0.1) is 11.6 Å². The van der Waals surface area contributed by atoms with E-state index in [2.05, 4.69) is 14.7 Å². The quantitative estimate of drug-likeness (QED) is 0.840. The molecule has 9 heteroatoms. The monoisotopic (exact) mass is 370 g/mol. The van der Waals surface area contributed by atoms with Gasteiger partial charge in [-0.05, 0) is 30.2 Å². The lowest BCUT2D eigenvalue weighted by atomic mass is 10.1. The zero-order valence-corrected chi connectivity index (χ0v) is 14.6. The molecule has 136 valence electrons. The molecule has 6 nitrogen and oxygen atoms in total. The van der Waals surface area contributed by atoms with E-state index >= 15 is 0 Å². The van der Waals surface area contributed by atoms with Gasteiger partial charge in [-0.1, -0.05) is 6.07 Å². The van der Waals surface area contributed by atoms with Crippen LogP contribution in [0.2, 0.25) is 0 Å². The zero-order chi connectivity index (χ0) is 18.0. The van der Waals surface area contributed by atoms with E-state index in [1.165, 1.54) is 6.07 Å². The minimum atomic E-state index is -3.23. The van der Waals surface area contributed by atoms with E-state index in [-0.39, 0.29) is 6.04 Å². The van der Waals surface area contributed by atoms with Crippen molar-refractivity contribution in [3.8, 4) is 0 Å². The molecule has 1 aromatic heterocycles. The smallest absolute Gasteiger partial charge is 0.208 e. The van der Waals surface area contributed by atoms with Gasteiger partial charge in [0.05, 0.1) is 18.0 Å². The van der Waals surface area contributed by atoms with E-state index in [1.807, 2.05) is 10.7 Å². The van der Waals surface area contributed by atoms with E-state index in [9.17, 15) is 17.2 Å². The number of sulfonamides is 1. The molecule has 1 aromatic carbocycles. The molecule has 0 spiro atoms. The molecule has 25 heavy (non-hydrogen) atoms. The summed E-state index contributed by atoms with van der Waals surface area (Å²) < 4.78 is 53.3. The summed E-state index contributed by atoms with van der Waals surface area (Å²) in [6.45, 7) is 2.11. The van der Waals surface area contributed by atoms with Crippen LogP contribution in [0.1, 0.15) is 23.7 Å². The first-order valence-corrected chi connectivity index (χ1v) is 9.84. The van der Waals surface area contributed by atoms with Crippen LogP contribution < -0.4 is 4.72 Å². The number of fused-ring (bicyclic) bond motifs is 1. The second-order valence-corrected chi connectivity index (χ2v) is 8.13. The lowest BCUT2D eigenvalue weighted by Crippen LogP contribution is -2.38. The molecular weight excluding hydrogens is 350 g/mol. The summed E-state index contributed by atoms with van der Waals surface area (Å²) in [7, 11) is -3.23. The predicted octanol–water partition coefficient (Wildman–Crippen LogP) is 1.66. The van der Waals surface area contributed by atoms with Crippen molar-refractivity contribution in [2.45, 2.75) is 25.6 Å². The number of hydrogen-bond acceptors (Lipinski definition) is 4. The molecule has 2 aromatic rings. The van der Waals surface area contributed by atoms with Crippen molar-refractivity contribution in [2.75, 3.05) is 19.3 Å². The van der Waals surface area contributed by atoms with Gasteiger partial charge >= 0.3 is 0 Å². The van der Waals surface area contributed by atoms with Crippen molar-refractivity contribution in [1.29, 1.82) is 0 Å². The van der Waals surface area contributed by atoms with Crippen LogP contribution in [0.5, 0.6) is 0 Å². The van der Waals surface area contributed by atoms with Crippen LogP contribution in [0.15, 0.2) is 30.5 Å². The topological polar surface area (TPSA) is 67.2 Å². The summed E-state index contributed by atoms with van der Waals surface area (Å²) >= 11 is 0. The van der Waals surface area contributed by atoms with Crippen LogP contribution >= 0.6 is 0 Å². The molecule has 0 amide bonds. The molecule has 0 saturated heterocycles.